The second kappa shape index (κ2) is 11.6. The number of thiazole rings is 1. The monoisotopic (exact) mass is 602 g/mol. The Morgan fingerprint density at radius 3 is 2.27 bits per heavy atom. The van der Waals surface area contributed by atoms with Gasteiger partial charge in [-0.2, -0.15) is 0 Å². The number of allylic oxidation sites excluding steroid dienone is 1. The third-order valence-corrected chi connectivity index (χ3v) is 9.13. The second-order valence-electron chi connectivity index (χ2n) is 11.1. The van der Waals surface area contributed by atoms with Gasteiger partial charge in [-0.25, -0.2) is 4.99 Å². The highest BCUT2D eigenvalue weighted by atomic mass is 32.1. The standard InChI is InChI=1S/C36H34N4O3S/c1-21-11-10-12-22(2)32(21)39-23(3)19-27(25(39)5)20-30-35(42)40-33(26-15-17-29(43-6)18-16-26)31(24(4)37-36(40)44-30)34(41)38-28-13-8-7-9-14-28/h7-20,33H,1-6H3,(H,38,41)/b30-20+/t33-/m1/s1. The molecule has 3 heterocycles. The summed E-state index contributed by atoms with van der Waals surface area (Å²) in [6.45, 7) is 10.2. The first kappa shape index (κ1) is 29.1. The van der Waals surface area contributed by atoms with Crippen molar-refractivity contribution in [3.8, 4) is 11.4 Å². The van der Waals surface area contributed by atoms with E-state index in [-0.39, 0.29) is 11.5 Å². The maximum Gasteiger partial charge on any atom is 0.271 e. The van der Waals surface area contributed by atoms with Crippen LogP contribution in [-0.4, -0.2) is 22.2 Å². The number of methoxy groups -OCH3 is 1. The van der Waals surface area contributed by atoms with E-state index in [1.54, 1.807) is 11.7 Å². The van der Waals surface area contributed by atoms with Crippen LogP contribution in [0.4, 0.5) is 5.69 Å². The predicted molar refractivity (Wildman–Crippen MR) is 177 cm³/mol. The van der Waals surface area contributed by atoms with E-state index in [9.17, 15) is 9.59 Å². The molecule has 44 heavy (non-hydrogen) atoms. The topological polar surface area (TPSA) is 77.6 Å². The summed E-state index contributed by atoms with van der Waals surface area (Å²) < 4.78 is 9.84. The Morgan fingerprint density at radius 2 is 1.61 bits per heavy atom. The zero-order chi connectivity index (χ0) is 31.1. The number of rotatable bonds is 6. The van der Waals surface area contributed by atoms with Gasteiger partial charge >= 0.3 is 0 Å². The van der Waals surface area contributed by atoms with Gasteiger partial charge in [0.2, 0.25) is 0 Å². The molecule has 0 unspecified atom stereocenters. The molecule has 1 aliphatic heterocycles. The molecule has 2 aromatic heterocycles. The molecular weight excluding hydrogens is 568 g/mol. The van der Waals surface area contributed by atoms with Gasteiger partial charge in [-0.15, -0.1) is 0 Å². The largest absolute Gasteiger partial charge is 0.497 e. The Bertz CT molecular complexity index is 2100. The Morgan fingerprint density at radius 1 is 0.932 bits per heavy atom. The molecule has 7 nitrogen and oxygen atoms in total. The summed E-state index contributed by atoms with van der Waals surface area (Å²) in [4.78, 5) is 33.4. The molecule has 0 aliphatic carbocycles. The van der Waals surface area contributed by atoms with Crippen molar-refractivity contribution < 1.29 is 9.53 Å². The molecule has 1 aliphatic rings. The van der Waals surface area contributed by atoms with Gasteiger partial charge < -0.3 is 14.6 Å². The molecule has 222 valence electrons. The number of nitrogens with zero attached hydrogens (tertiary/aromatic N) is 3. The van der Waals surface area contributed by atoms with Gasteiger partial charge in [0.1, 0.15) is 5.75 Å². The van der Waals surface area contributed by atoms with Crippen molar-refractivity contribution in [1.29, 1.82) is 0 Å². The van der Waals surface area contributed by atoms with Crippen molar-refractivity contribution in [3.05, 3.63) is 143 Å². The number of hydrogen-bond acceptors (Lipinski definition) is 5. The third kappa shape index (κ3) is 5.11. The van der Waals surface area contributed by atoms with E-state index in [1.807, 2.05) is 67.6 Å². The van der Waals surface area contributed by atoms with Crippen molar-refractivity contribution in [2.45, 2.75) is 40.7 Å². The smallest absolute Gasteiger partial charge is 0.271 e. The lowest BCUT2D eigenvalue weighted by Crippen LogP contribution is -2.40. The predicted octanol–water partition coefficient (Wildman–Crippen LogP) is 5.91. The maximum atomic E-state index is 14.2. The average molecular weight is 603 g/mol. The molecule has 5 aromatic rings. The molecule has 0 spiro atoms. The van der Waals surface area contributed by atoms with Gasteiger partial charge in [0.05, 0.1) is 34.6 Å². The number of para-hydroxylation sites is 2. The number of amides is 1. The summed E-state index contributed by atoms with van der Waals surface area (Å²) in [5, 5.41) is 3.00. The summed E-state index contributed by atoms with van der Waals surface area (Å²) in [6, 6.07) is 24.5. The van der Waals surface area contributed by atoms with E-state index < -0.39 is 6.04 Å². The lowest BCUT2D eigenvalue weighted by Gasteiger charge is -2.25. The highest BCUT2D eigenvalue weighted by molar-refractivity contribution is 7.07. The van der Waals surface area contributed by atoms with E-state index in [0.717, 1.165) is 28.2 Å². The first-order valence-corrected chi connectivity index (χ1v) is 15.3. The molecule has 8 heteroatoms. The molecule has 0 saturated heterocycles. The number of benzene rings is 3. The van der Waals surface area contributed by atoms with Crippen LogP contribution in [0.5, 0.6) is 5.75 Å². The van der Waals surface area contributed by atoms with E-state index >= 15 is 0 Å². The van der Waals surface area contributed by atoms with Crippen molar-refractivity contribution >= 4 is 29.0 Å². The fraction of sp³-hybridized carbons (Fsp3) is 0.194. The minimum Gasteiger partial charge on any atom is -0.497 e. The quantitative estimate of drug-likeness (QED) is 0.263. The van der Waals surface area contributed by atoms with Crippen LogP contribution in [0.1, 0.15) is 46.6 Å². The fourth-order valence-corrected chi connectivity index (χ4v) is 7.05. The van der Waals surface area contributed by atoms with Crippen molar-refractivity contribution in [2.75, 3.05) is 12.4 Å². The summed E-state index contributed by atoms with van der Waals surface area (Å²) in [5.41, 5.74) is 8.91. The molecule has 1 atom stereocenters. The minimum absolute atomic E-state index is 0.191. The van der Waals surface area contributed by atoms with Crippen LogP contribution in [-0.2, 0) is 4.79 Å². The van der Waals surface area contributed by atoms with Crippen LogP contribution in [0.2, 0.25) is 0 Å². The summed E-state index contributed by atoms with van der Waals surface area (Å²) in [5.74, 6) is 0.390. The molecule has 1 amide bonds. The molecular formula is C36H34N4O3S. The van der Waals surface area contributed by atoms with Gasteiger partial charge in [0.25, 0.3) is 11.5 Å². The Labute approximate surface area is 260 Å². The summed E-state index contributed by atoms with van der Waals surface area (Å²) in [7, 11) is 1.61. The normalized spacial score (nSPS) is 14.8. The number of ether oxygens (including phenoxy) is 1. The van der Waals surface area contributed by atoms with Crippen molar-refractivity contribution in [1.82, 2.24) is 9.13 Å². The van der Waals surface area contributed by atoms with Crippen LogP contribution >= 0.6 is 11.3 Å². The number of fused-ring (bicyclic) bond motifs is 1. The Hall–Kier alpha value is -4.95. The van der Waals surface area contributed by atoms with Crippen LogP contribution in [0, 0.1) is 27.7 Å². The summed E-state index contributed by atoms with van der Waals surface area (Å²) in [6.07, 6.45) is 1.95. The number of carbonyl (C=O) groups is 1. The number of hydrogen-bond donors (Lipinski definition) is 1. The highest BCUT2D eigenvalue weighted by Crippen LogP contribution is 2.32. The first-order valence-electron chi connectivity index (χ1n) is 14.5. The van der Waals surface area contributed by atoms with Crippen molar-refractivity contribution in [3.63, 3.8) is 0 Å². The van der Waals surface area contributed by atoms with Gasteiger partial charge in [0.15, 0.2) is 4.80 Å². The number of carbonyl (C=O) groups excluding carboxylic acids is 1. The number of aromatic nitrogens is 2. The maximum absolute atomic E-state index is 14.2. The molecule has 3 aromatic carbocycles. The van der Waals surface area contributed by atoms with Gasteiger partial charge in [0, 0.05) is 17.1 Å². The lowest BCUT2D eigenvalue weighted by molar-refractivity contribution is -0.113. The molecule has 0 saturated carbocycles. The van der Waals surface area contributed by atoms with Gasteiger partial charge in [-0.3, -0.25) is 14.2 Å². The molecule has 6 rings (SSSR count). The van der Waals surface area contributed by atoms with E-state index in [0.29, 0.717) is 32.0 Å². The minimum atomic E-state index is -0.662. The Balaban J connectivity index is 1.50. The third-order valence-electron chi connectivity index (χ3n) is 8.15. The average Bonchev–Trinajstić information content (AvgIpc) is 3.46. The van der Waals surface area contributed by atoms with E-state index in [2.05, 4.69) is 61.8 Å². The number of nitrogens with one attached hydrogen (secondary N) is 1. The van der Waals surface area contributed by atoms with Crippen LogP contribution < -0.4 is 24.9 Å². The SMILES string of the molecule is COc1ccc([C@@H]2C(C(=O)Nc3ccccc3)=C(C)N=c3s/c(=C/c4cc(C)n(-c5c(C)cccc5C)c4C)c(=O)n32)cc1. The molecule has 0 bridgehead atoms. The van der Waals surface area contributed by atoms with Crippen molar-refractivity contribution in [2.24, 2.45) is 4.99 Å². The van der Waals surface area contributed by atoms with E-state index in [4.69, 9.17) is 9.73 Å². The van der Waals surface area contributed by atoms with Crippen LogP contribution in [0.3, 0.4) is 0 Å². The first-order chi connectivity index (χ1) is 21.2. The number of anilines is 1. The fourth-order valence-electron chi connectivity index (χ4n) is 6.01. The number of aryl methyl sites for hydroxylation is 3. The molecule has 0 fully saturated rings. The van der Waals surface area contributed by atoms with Gasteiger partial charge in [-0.1, -0.05) is 59.9 Å². The second-order valence-corrected chi connectivity index (χ2v) is 12.1. The zero-order valence-corrected chi connectivity index (χ0v) is 26.5. The highest BCUT2D eigenvalue weighted by Gasteiger charge is 2.32. The molecule has 0 radical (unpaired) electrons. The van der Waals surface area contributed by atoms with Gasteiger partial charge in [-0.05, 0) is 93.3 Å². The zero-order valence-electron chi connectivity index (χ0n) is 25.6. The van der Waals surface area contributed by atoms with E-state index in [1.165, 1.54) is 22.5 Å². The van der Waals surface area contributed by atoms with Crippen LogP contribution in [0.15, 0.2) is 99.9 Å². The lowest BCUT2D eigenvalue weighted by atomic mass is 9.95. The van der Waals surface area contributed by atoms with Crippen LogP contribution in [0.25, 0.3) is 11.8 Å². The summed E-state index contributed by atoms with van der Waals surface area (Å²) >= 11 is 1.34. The molecule has 1 N–H and O–H groups in total. The Kier molecular flexibility index (Phi) is 7.69.